The van der Waals surface area contributed by atoms with Gasteiger partial charge in [-0.3, -0.25) is 29.4 Å². The van der Waals surface area contributed by atoms with Crippen LogP contribution in [0.4, 0.5) is 0 Å². The van der Waals surface area contributed by atoms with Crippen LogP contribution in [0.1, 0.15) is 58.9 Å². The first-order chi connectivity index (χ1) is 14.0. The summed E-state index contributed by atoms with van der Waals surface area (Å²) in [4.78, 5) is 50.6. The maximum atomic E-state index is 13.1. The number of hydrogen-bond acceptors (Lipinski definition) is 6. The highest BCUT2D eigenvalue weighted by Gasteiger charge is 2.45. The van der Waals surface area contributed by atoms with Crippen molar-refractivity contribution in [2.45, 2.75) is 51.2 Å². The van der Waals surface area contributed by atoms with Crippen LogP contribution in [0.15, 0.2) is 18.2 Å². The summed E-state index contributed by atoms with van der Waals surface area (Å²) < 4.78 is 0. The zero-order valence-electron chi connectivity index (χ0n) is 16.5. The molecular formula is C21H26N4O4. The van der Waals surface area contributed by atoms with Crippen molar-refractivity contribution in [1.29, 1.82) is 0 Å². The Bertz CT molecular complexity index is 862. The van der Waals surface area contributed by atoms with Gasteiger partial charge in [0, 0.05) is 19.0 Å². The Morgan fingerprint density at radius 3 is 2.59 bits per heavy atom. The molecule has 2 saturated heterocycles. The largest absolute Gasteiger partial charge is 0.317 e. The van der Waals surface area contributed by atoms with Crippen molar-refractivity contribution < 1.29 is 19.2 Å². The van der Waals surface area contributed by atoms with E-state index in [4.69, 9.17) is 0 Å². The lowest BCUT2D eigenvalue weighted by Gasteiger charge is -2.29. The minimum Gasteiger partial charge on any atom is -0.317 e. The Kier molecular flexibility index (Phi) is 5.47. The van der Waals surface area contributed by atoms with E-state index in [0.717, 1.165) is 36.4 Å². The van der Waals surface area contributed by atoms with E-state index in [1.807, 2.05) is 6.07 Å². The third-order valence-corrected chi connectivity index (χ3v) is 6.26. The number of benzene rings is 1. The van der Waals surface area contributed by atoms with E-state index in [1.54, 1.807) is 12.1 Å². The van der Waals surface area contributed by atoms with E-state index < -0.39 is 23.8 Å². The van der Waals surface area contributed by atoms with E-state index >= 15 is 0 Å². The quantitative estimate of drug-likeness (QED) is 0.626. The van der Waals surface area contributed by atoms with Crippen molar-refractivity contribution >= 4 is 23.6 Å². The number of nitrogens with zero attached hydrogens (tertiary/aromatic N) is 1. The lowest BCUT2D eigenvalue weighted by atomic mass is 9.91. The van der Waals surface area contributed by atoms with Crippen LogP contribution in [0.3, 0.4) is 0 Å². The summed E-state index contributed by atoms with van der Waals surface area (Å²) in [6, 6.07) is 4.60. The van der Waals surface area contributed by atoms with Crippen LogP contribution >= 0.6 is 0 Å². The van der Waals surface area contributed by atoms with Crippen LogP contribution in [-0.2, 0) is 16.1 Å². The van der Waals surface area contributed by atoms with Crippen molar-refractivity contribution in [3.8, 4) is 0 Å². The highest BCUT2D eigenvalue weighted by atomic mass is 16.2. The van der Waals surface area contributed by atoms with Gasteiger partial charge < -0.3 is 10.6 Å². The summed E-state index contributed by atoms with van der Waals surface area (Å²) in [6.45, 7) is 4.68. The molecule has 3 N–H and O–H groups in total. The Balaban J connectivity index is 1.51. The minimum atomic E-state index is -0.936. The number of rotatable bonds is 5. The predicted octanol–water partition coefficient (Wildman–Crippen LogP) is 0.566. The zero-order valence-corrected chi connectivity index (χ0v) is 16.5. The molecule has 3 heterocycles. The second kappa shape index (κ2) is 8.04. The molecule has 1 aromatic carbocycles. The van der Waals surface area contributed by atoms with E-state index in [2.05, 4.69) is 22.9 Å². The van der Waals surface area contributed by atoms with Crippen molar-refractivity contribution in [2.24, 2.45) is 5.92 Å². The summed E-state index contributed by atoms with van der Waals surface area (Å²) >= 11 is 0. The molecule has 1 unspecified atom stereocenters. The maximum absolute atomic E-state index is 13.1. The van der Waals surface area contributed by atoms with Crippen molar-refractivity contribution in [2.75, 3.05) is 13.1 Å². The van der Waals surface area contributed by atoms with Gasteiger partial charge in [-0.1, -0.05) is 12.1 Å². The van der Waals surface area contributed by atoms with Gasteiger partial charge in [0.15, 0.2) is 0 Å². The molecule has 3 aliphatic rings. The lowest BCUT2D eigenvalue weighted by molar-refractivity contribution is -0.136. The number of amides is 4. The van der Waals surface area contributed by atoms with Crippen LogP contribution in [0.25, 0.3) is 0 Å². The van der Waals surface area contributed by atoms with Gasteiger partial charge in [0.1, 0.15) is 6.04 Å². The Labute approximate surface area is 169 Å². The first kappa shape index (κ1) is 19.7. The lowest BCUT2D eigenvalue weighted by Crippen LogP contribution is -2.54. The van der Waals surface area contributed by atoms with E-state index in [9.17, 15) is 19.2 Å². The smallest absolute Gasteiger partial charge is 0.262 e. The minimum absolute atomic E-state index is 0.117. The molecule has 8 heteroatoms. The van der Waals surface area contributed by atoms with Crippen molar-refractivity contribution in [3.05, 3.63) is 34.9 Å². The monoisotopic (exact) mass is 398 g/mol. The number of piperidine rings is 2. The predicted molar refractivity (Wildman–Crippen MR) is 105 cm³/mol. The number of imide groups is 2. The number of carbonyl (C=O) groups is 4. The normalized spacial score (nSPS) is 23.9. The van der Waals surface area contributed by atoms with Gasteiger partial charge in [0.05, 0.1) is 11.1 Å². The standard InChI is InChI=1S/C21H26N4O4/c1-12(13-7-9-22-10-8-13)23-11-14-3-2-4-15-18(14)21(29)25(20(15)28)16-5-6-17(26)24-19(16)27/h2-4,12-13,16,22-23H,5-11H2,1H3,(H,24,26,27)/t12-,16?/m1/s1. The van der Waals surface area contributed by atoms with Gasteiger partial charge >= 0.3 is 0 Å². The molecule has 3 aliphatic heterocycles. The number of carbonyl (C=O) groups excluding carboxylic acids is 4. The SMILES string of the molecule is C[C@@H](NCc1cccc2c1C(=O)N(C1CCC(=O)NC1=O)C2=O)C1CCNCC1. The van der Waals surface area contributed by atoms with Gasteiger partial charge in [-0.2, -0.15) is 0 Å². The van der Waals surface area contributed by atoms with E-state index in [1.165, 1.54) is 0 Å². The molecule has 1 aromatic rings. The molecule has 29 heavy (non-hydrogen) atoms. The second-order valence-corrected chi connectivity index (χ2v) is 8.04. The third kappa shape index (κ3) is 3.70. The summed E-state index contributed by atoms with van der Waals surface area (Å²) in [5.41, 5.74) is 1.46. The molecular weight excluding hydrogens is 372 g/mol. The van der Waals surface area contributed by atoms with E-state index in [-0.39, 0.29) is 18.7 Å². The van der Waals surface area contributed by atoms with Gasteiger partial charge in [0.2, 0.25) is 11.8 Å². The number of nitrogens with one attached hydrogen (secondary N) is 3. The fourth-order valence-electron chi connectivity index (χ4n) is 4.51. The average Bonchev–Trinajstić information content (AvgIpc) is 2.98. The fraction of sp³-hybridized carbons (Fsp3) is 0.524. The first-order valence-corrected chi connectivity index (χ1v) is 10.2. The third-order valence-electron chi connectivity index (χ3n) is 6.26. The summed E-state index contributed by atoms with van der Waals surface area (Å²) in [5.74, 6) is -1.31. The van der Waals surface area contributed by atoms with Gasteiger partial charge in [-0.25, -0.2) is 0 Å². The van der Waals surface area contributed by atoms with Crippen LogP contribution in [0.5, 0.6) is 0 Å². The van der Waals surface area contributed by atoms with Crippen LogP contribution in [0, 0.1) is 5.92 Å². The summed E-state index contributed by atoms with van der Waals surface area (Å²) in [6.07, 6.45) is 2.51. The van der Waals surface area contributed by atoms with Crippen LogP contribution < -0.4 is 16.0 Å². The molecule has 2 atom stereocenters. The molecule has 8 nitrogen and oxygen atoms in total. The molecule has 0 saturated carbocycles. The Morgan fingerprint density at radius 1 is 1.10 bits per heavy atom. The fourth-order valence-corrected chi connectivity index (χ4v) is 4.51. The Morgan fingerprint density at radius 2 is 1.86 bits per heavy atom. The molecule has 4 rings (SSSR count). The van der Waals surface area contributed by atoms with Gasteiger partial charge in [-0.15, -0.1) is 0 Å². The molecule has 0 aliphatic carbocycles. The number of hydrogen-bond donors (Lipinski definition) is 3. The number of fused-ring (bicyclic) bond motifs is 1. The van der Waals surface area contributed by atoms with Crippen molar-refractivity contribution in [3.63, 3.8) is 0 Å². The molecule has 0 bridgehead atoms. The highest BCUT2D eigenvalue weighted by molar-refractivity contribution is 6.24. The van der Waals surface area contributed by atoms with Crippen LogP contribution in [-0.4, -0.2) is 53.7 Å². The van der Waals surface area contributed by atoms with Gasteiger partial charge in [0.25, 0.3) is 11.8 Å². The molecule has 4 amide bonds. The average molecular weight is 398 g/mol. The zero-order chi connectivity index (χ0) is 20.5. The molecule has 2 fully saturated rings. The first-order valence-electron chi connectivity index (χ1n) is 10.2. The molecule has 0 spiro atoms. The Hall–Kier alpha value is -2.58. The van der Waals surface area contributed by atoms with Crippen LogP contribution in [0.2, 0.25) is 0 Å². The summed E-state index contributed by atoms with van der Waals surface area (Å²) in [5, 5.41) is 9.09. The highest BCUT2D eigenvalue weighted by Crippen LogP contribution is 2.30. The molecule has 0 radical (unpaired) electrons. The van der Waals surface area contributed by atoms with E-state index in [0.29, 0.717) is 29.6 Å². The van der Waals surface area contributed by atoms with Crippen molar-refractivity contribution in [1.82, 2.24) is 20.9 Å². The summed E-state index contributed by atoms with van der Waals surface area (Å²) in [7, 11) is 0. The van der Waals surface area contributed by atoms with Gasteiger partial charge in [-0.05, 0) is 56.8 Å². The molecule has 154 valence electrons. The molecule has 0 aromatic heterocycles. The topological polar surface area (TPSA) is 108 Å². The second-order valence-electron chi connectivity index (χ2n) is 8.04. The maximum Gasteiger partial charge on any atom is 0.262 e.